The molecule has 2 aliphatic heterocycles. The van der Waals surface area contributed by atoms with Crippen LogP contribution in [0.25, 0.3) is 33.4 Å². The summed E-state index contributed by atoms with van der Waals surface area (Å²) in [6, 6.07) is 5.83. The van der Waals surface area contributed by atoms with Gasteiger partial charge in [-0.2, -0.15) is 5.10 Å². The maximum absolute atomic E-state index is 4.69. The van der Waals surface area contributed by atoms with E-state index in [2.05, 4.69) is 65.1 Å². The number of hydrogen-bond acceptors (Lipinski definition) is 8. The van der Waals surface area contributed by atoms with Crippen LogP contribution in [0.2, 0.25) is 0 Å². The molecule has 0 amide bonds. The molecular formula is C23H26N8S. The molecular weight excluding hydrogens is 420 g/mol. The van der Waals surface area contributed by atoms with Gasteiger partial charge in [-0.05, 0) is 38.7 Å². The molecule has 0 radical (unpaired) electrons. The van der Waals surface area contributed by atoms with Gasteiger partial charge in [0, 0.05) is 47.1 Å². The number of benzene rings is 1. The van der Waals surface area contributed by atoms with Gasteiger partial charge in [-0.3, -0.25) is 5.10 Å². The molecule has 9 heteroatoms. The van der Waals surface area contributed by atoms with Crippen LogP contribution < -0.4 is 10.2 Å². The summed E-state index contributed by atoms with van der Waals surface area (Å²) in [5.41, 5.74) is 4.67. The minimum Gasteiger partial charge on any atom is -0.339 e. The SMILES string of the molecule is Cc1nc(-c2ccc(-c3cnc(N(C)C4C[C@@H]5CCC[C@@H](C4)N5)nn3)c3cn[nH]c23)cs1. The maximum atomic E-state index is 4.69. The molecule has 2 atom stereocenters. The number of fused-ring (bicyclic) bond motifs is 3. The average Bonchev–Trinajstić information content (AvgIpc) is 3.47. The van der Waals surface area contributed by atoms with E-state index in [4.69, 9.17) is 0 Å². The van der Waals surface area contributed by atoms with Gasteiger partial charge < -0.3 is 10.2 Å². The van der Waals surface area contributed by atoms with Crippen molar-refractivity contribution < 1.29 is 0 Å². The summed E-state index contributed by atoms with van der Waals surface area (Å²) in [6.07, 6.45) is 9.84. The molecule has 1 aromatic carbocycles. The van der Waals surface area contributed by atoms with Crippen LogP contribution in [0.5, 0.6) is 0 Å². The van der Waals surface area contributed by atoms with Gasteiger partial charge in [-0.25, -0.2) is 9.97 Å². The second kappa shape index (κ2) is 7.90. The number of rotatable bonds is 4. The molecule has 6 rings (SSSR count). The van der Waals surface area contributed by atoms with E-state index >= 15 is 0 Å². The molecule has 0 aliphatic carbocycles. The van der Waals surface area contributed by atoms with E-state index in [1.807, 2.05) is 19.3 Å². The molecule has 0 unspecified atom stereocenters. The van der Waals surface area contributed by atoms with Crippen LogP contribution in [0.3, 0.4) is 0 Å². The Labute approximate surface area is 190 Å². The minimum absolute atomic E-state index is 0.459. The smallest absolute Gasteiger partial charge is 0.245 e. The first kappa shape index (κ1) is 19.8. The molecule has 2 aliphatic rings. The van der Waals surface area contributed by atoms with E-state index in [1.54, 1.807) is 11.3 Å². The van der Waals surface area contributed by atoms with Gasteiger partial charge in [0.15, 0.2) is 0 Å². The van der Waals surface area contributed by atoms with Gasteiger partial charge in [0.25, 0.3) is 0 Å². The molecule has 2 bridgehead atoms. The third-order valence-corrected chi connectivity index (χ3v) is 7.66. The highest BCUT2D eigenvalue weighted by molar-refractivity contribution is 7.09. The van der Waals surface area contributed by atoms with E-state index < -0.39 is 0 Å². The second-order valence-corrected chi connectivity index (χ2v) is 10.0. The number of nitrogens with zero attached hydrogens (tertiary/aromatic N) is 6. The third-order valence-electron chi connectivity index (χ3n) is 6.89. The fourth-order valence-corrected chi connectivity index (χ4v) is 5.84. The van der Waals surface area contributed by atoms with E-state index in [0.717, 1.165) is 51.3 Å². The summed E-state index contributed by atoms with van der Waals surface area (Å²) in [4.78, 5) is 11.5. The van der Waals surface area contributed by atoms with Gasteiger partial charge in [-0.1, -0.05) is 12.5 Å². The molecule has 32 heavy (non-hydrogen) atoms. The number of aromatic amines is 1. The molecule has 164 valence electrons. The molecule has 4 aromatic rings. The van der Waals surface area contributed by atoms with Gasteiger partial charge in [0.2, 0.25) is 5.95 Å². The van der Waals surface area contributed by atoms with Crippen molar-refractivity contribution >= 4 is 28.2 Å². The molecule has 0 spiro atoms. The predicted molar refractivity (Wildman–Crippen MR) is 127 cm³/mol. The van der Waals surface area contributed by atoms with Crippen molar-refractivity contribution in [1.82, 2.24) is 35.7 Å². The number of nitrogens with one attached hydrogen (secondary N) is 2. The largest absolute Gasteiger partial charge is 0.339 e. The third kappa shape index (κ3) is 3.45. The predicted octanol–water partition coefficient (Wildman–Crippen LogP) is 3.96. The lowest BCUT2D eigenvalue weighted by Gasteiger charge is -2.43. The quantitative estimate of drug-likeness (QED) is 0.490. The summed E-state index contributed by atoms with van der Waals surface area (Å²) in [5, 5.41) is 24.3. The fourth-order valence-electron chi connectivity index (χ4n) is 5.23. The molecule has 2 saturated heterocycles. The second-order valence-electron chi connectivity index (χ2n) is 8.94. The Hall–Kier alpha value is -2.91. The van der Waals surface area contributed by atoms with E-state index in [9.17, 15) is 0 Å². The van der Waals surface area contributed by atoms with E-state index in [1.165, 1.54) is 19.3 Å². The summed E-state index contributed by atoms with van der Waals surface area (Å²) < 4.78 is 0. The Balaban J connectivity index is 1.28. The lowest BCUT2D eigenvalue weighted by Crippen LogP contribution is -2.54. The lowest BCUT2D eigenvalue weighted by atomic mass is 9.83. The first-order chi connectivity index (χ1) is 15.7. The number of piperidine rings is 2. The molecule has 5 heterocycles. The molecule has 2 N–H and O–H groups in total. The van der Waals surface area contributed by atoms with E-state index in [-0.39, 0.29) is 0 Å². The summed E-state index contributed by atoms with van der Waals surface area (Å²) >= 11 is 1.65. The van der Waals surface area contributed by atoms with Gasteiger partial charge >= 0.3 is 0 Å². The standard InChI is InChI=1S/C23H26N8S/c1-13-26-21(12-32-13)18-7-6-17(19-10-25-29-22(18)19)20-11-24-23(30-28-20)31(2)16-8-14-4-3-5-15(9-16)27-14/h6-7,10-12,14-16,27H,3-5,8-9H2,1-2H3,(H,25,29)/t14-,15-/m0/s1. The van der Waals surface area contributed by atoms with E-state index in [0.29, 0.717) is 24.1 Å². The topological polar surface area (TPSA) is 95.5 Å². The van der Waals surface area contributed by atoms with Gasteiger partial charge in [-0.15, -0.1) is 21.5 Å². The summed E-state index contributed by atoms with van der Waals surface area (Å²) in [6.45, 7) is 2.02. The number of hydrogen-bond donors (Lipinski definition) is 2. The molecule has 2 fully saturated rings. The van der Waals surface area contributed by atoms with Gasteiger partial charge in [0.1, 0.15) is 5.69 Å². The summed E-state index contributed by atoms with van der Waals surface area (Å²) in [7, 11) is 2.10. The number of aryl methyl sites for hydroxylation is 1. The number of thiazole rings is 1. The Kier molecular flexibility index (Phi) is 4.87. The molecule has 8 nitrogen and oxygen atoms in total. The van der Waals surface area contributed by atoms with Crippen LogP contribution in [0.1, 0.15) is 37.1 Å². The van der Waals surface area contributed by atoms with Crippen LogP contribution in [0.4, 0.5) is 5.95 Å². The first-order valence-corrected chi connectivity index (χ1v) is 12.1. The van der Waals surface area contributed by atoms with Gasteiger partial charge in [0.05, 0.1) is 28.6 Å². The molecule has 3 aromatic heterocycles. The zero-order valence-corrected chi connectivity index (χ0v) is 19.1. The first-order valence-electron chi connectivity index (χ1n) is 11.2. The monoisotopic (exact) mass is 446 g/mol. The van der Waals surface area contributed by atoms with Crippen LogP contribution >= 0.6 is 11.3 Å². The fraction of sp³-hybridized carbons (Fsp3) is 0.435. The highest BCUT2D eigenvalue weighted by Gasteiger charge is 2.33. The van der Waals surface area contributed by atoms with Crippen molar-refractivity contribution in [2.45, 2.75) is 57.2 Å². The number of anilines is 1. The Morgan fingerprint density at radius 1 is 1.03 bits per heavy atom. The van der Waals surface area contributed by atoms with Crippen molar-refractivity contribution in [2.24, 2.45) is 0 Å². The van der Waals surface area contributed by atoms with Crippen LogP contribution in [-0.2, 0) is 0 Å². The normalized spacial score (nSPS) is 22.9. The van der Waals surface area contributed by atoms with Crippen molar-refractivity contribution in [2.75, 3.05) is 11.9 Å². The zero-order chi connectivity index (χ0) is 21.7. The minimum atomic E-state index is 0.459. The lowest BCUT2D eigenvalue weighted by molar-refractivity contribution is 0.218. The highest BCUT2D eigenvalue weighted by Crippen LogP contribution is 2.34. The van der Waals surface area contributed by atoms with Crippen molar-refractivity contribution in [3.8, 4) is 22.5 Å². The highest BCUT2D eigenvalue weighted by atomic mass is 32.1. The Bertz CT molecular complexity index is 1230. The van der Waals surface area contributed by atoms with Crippen molar-refractivity contribution in [1.29, 1.82) is 0 Å². The number of H-pyrrole nitrogens is 1. The van der Waals surface area contributed by atoms with Crippen LogP contribution in [0.15, 0.2) is 29.9 Å². The van der Waals surface area contributed by atoms with Crippen molar-refractivity contribution in [3.05, 3.63) is 34.9 Å². The number of aromatic nitrogens is 6. The maximum Gasteiger partial charge on any atom is 0.245 e. The Morgan fingerprint density at radius 2 is 1.84 bits per heavy atom. The van der Waals surface area contributed by atoms with Crippen LogP contribution in [-0.4, -0.2) is 55.5 Å². The summed E-state index contributed by atoms with van der Waals surface area (Å²) in [5.74, 6) is 0.691. The molecule has 0 saturated carbocycles. The zero-order valence-electron chi connectivity index (χ0n) is 18.2. The Morgan fingerprint density at radius 3 is 2.56 bits per heavy atom. The average molecular weight is 447 g/mol. The van der Waals surface area contributed by atoms with Crippen LogP contribution in [0, 0.1) is 6.92 Å². The van der Waals surface area contributed by atoms with Crippen molar-refractivity contribution in [3.63, 3.8) is 0 Å².